The molecule has 2 heterocycles. The van der Waals surface area contributed by atoms with Crippen LogP contribution < -0.4 is 9.47 Å². The molecule has 3 aliphatic rings. The van der Waals surface area contributed by atoms with Crippen molar-refractivity contribution < 1.29 is 19.1 Å². The second-order valence-corrected chi connectivity index (χ2v) is 8.22. The van der Waals surface area contributed by atoms with Gasteiger partial charge < -0.3 is 9.47 Å². The zero-order chi connectivity index (χ0) is 18.6. The van der Waals surface area contributed by atoms with E-state index in [0.29, 0.717) is 24.3 Å². The SMILES string of the molecule is CN(C)N1C(=O)CC(c2ccc3c(c2)OCO3)C2=C1CC(C)(C)CC2=O. The first-order valence-electron chi connectivity index (χ1n) is 8.93. The molecule has 0 bridgehead atoms. The first-order chi connectivity index (χ1) is 12.3. The van der Waals surface area contributed by atoms with Crippen molar-refractivity contribution in [2.75, 3.05) is 20.9 Å². The van der Waals surface area contributed by atoms with Crippen molar-refractivity contribution in [2.24, 2.45) is 5.41 Å². The third kappa shape index (κ3) is 2.69. The van der Waals surface area contributed by atoms with Gasteiger partial charge in [0.1, 0.15) is 0 Å². The summed E-state index contributed by atoms with van der Waals surface area (Å²) in [4.78, 5) is 26.0. The Morgan fingerprint density at radius 1 is 1.12 bits per heavy atom. The van der Waals surface area contributed by atoms with Gasteiger partial charge in [0, 0.05) is 44.1 Å². The third-order valence-electron chi connectivity index (χ3n) is 5.31. The molecule has 4 rings (SSSR count). The molecule has 1 amide bonds. The summed E-state index contributed by atoms with van der Waals surface area (Å²) in [7, 11) is 3.69. The Morgan fingerprint density at radius 2 is 1.85 bits per heavy atom. The van der Waals surface area contributed by atoms with E-state index in [9.17, 15) is 9.59 Å². The molecule has 2 aliphatic heterocycles. The number of ketones is 1. The van der Waals surface area contributed by atoms with E-state index in [0.717, 1.165) is 16.8 Å². The summed E-state index contributed by atoms with van der Waals surface area (Å²) in [6.07, 6.45) is 1.49. The summed E-state index contributed by atoms with van der Waals surface area (Å²) in [5.74, 6) is 1.30. The highest BCUT2D eigenvalue weighted by Gasteiger charge is 2.44. The van der Waals surface area contributed by atoms with Crippen LogP contribution in [0.1, 0.15) is 44.6 Å². The topological polar surface area (TPSA) is 59.1 Å². The standard InChI is InChI=1S/C20H24N2O4/c1-20(2)9-14-19(15(23)10-20)13(8-18(24)22(14)21(3)4)12-5-6-16-17(7-12)26-11-25-16/h5-7,13H,8-11H2,1-4H3. The maximum absolute atomic E-state index is 13.1. The number of rotatable bonds is 2. The number of carbonyl (C=O) groups excluding carboxylic acids is 2. The molecule has 1 aromatic carbocycles. The van der Waals surface area contributed by atoms with E-state index in [-0.39, 0.29) is 36.2 Å². The van der Waals surface area contributed by atoms with Gasteiger partial charge in [-0.1, -0.05) is 19.9 Å². The van der Waals surface area contributed by atoms with Gasteiger partial charge in [-0.2, -0.15) is 0 Å². The molecular weight excluding hydrogens is 332 g/mol. The molecule has 1 aromatic rings. The van der Waals surface area contributed by atoms with Crippen LogP contribution in [0, 0.1) is 5.41 Å². The summed E-state index contributed by atoms with van der Waals surface area (Å²) in [6.45, 7) is 4.37. The van der Waals surface area contributed by atoms with Crippen LogP contribution in [0.4, 0.5) is 0 Å². The Balaban J connectivity index is 1.84. The number of hydrogen-bond donors (Lipinski definition) is 0. The highest BCUT2D eigenvalue weighted by Crippen LogP contribution is 2.48. The van der Waals surface area contributed by atoms with Crippen LogP contribution in [0.3, 0.4) is 0 Å². The second-order valence-electron chi connectivity index (χ2n) is 8.22. The predicted octanol–water partition coefficient (Wildman–Crippen LogP) is 2.85. The third-order valence-corrected chi connectivity index (χ3v) is 5.31. The highest BCUT2D eigenvalue weighted by molar-refractivity contribution is 6.02. The van der Waals surface area contributed by atoms with Crippen LogP contribution in [0.2, 0.25) is 0 Å². The lowest BCUT2D eigenvalue weighted by molar-refractivity contribution is -0.143. The lowest BCUT2D eigenvalue weighted by Gasteiger charge is -2.44. The molecule has 0 fully saturated rings. The lowest BCUT2D eigenvalue weighted by Crippen LogP contribution is -2.49. The molecular formula is C20H24N2O4. The largest absolute Gasteiger partial charge is 0.454 e. The zero-order valence-electron chi connectivity index (χ0n) is 15.7. The van der Waals surface area contributed by atoms with Gasteiger partial charge >= 0.3 is 0 Å². The Morgan fingerprint density at radius 3 is 2.58 bits per heavy atom. The minimum Gasteiger partial charge on any atom is -0.454 e. The number of amides is 1. The smallest absolute Gasteiger partial charge is 0.242 e. The van der Waals surface area contributed by atoms with Gasteiger partial charge in [-0.3, -0.25) is 9.59 Å². The van der Waals surface area contributed by atoms with Crippen molar-refractivity contribution in [1.29, 1.82) is 0 Å². The average molecular weight is 356 g/mol. The maximum Gasteiger partial charge on any atom is 0.242 e. The van der Waals surface area contributed by atoms with E-state index in [2.05, 4.69) is 13.8 Å². The molecule has 0 saturated carbocycles. The van der Waals surface area contributed by atoms with Gasteiger partial charge in [0.2, 0.25) is 12.7 Å². The molecule has 26 heavy (non-hydrogen) atoms. The van der Waals surface area contributed by atoms with Crippen molar-refractivity contribution >= 4 is 11.7 Å². The minimum atomic E-state index is -0.230. The molecule has 0 radical (unpaired) electrons. The van der Waals surface area contributed by atoms with Crippen LogP contribution >= 0.6 is 0 Å². The van der Waals surface area contributed by atoms with Crippen LogP contribution in [-0.2, 0) is 9.59 Å². The summed E-state index contributed by atoms with van der Waals surface area (Å²) in [6, 6.07) is 5.70. The summed E-state index contributed by atoms with van der Waals surface area (Å²) in [5, 5.41) is 3.46. The Labute approximate surface area is 153 Å². The average Bonchev–Trinajstić information content (AvgIpc) is 2.99. The highest BCUT2D eigenvalue weighted by atomic mass is 16.7. The Hall–Kier alpha value is -2.34. The number of Topliss-reactive ketones (excluding diaryl/α,β-unsaturated/α-hetero) is 1. The molecule has 6 nitrogen and oxygen atoms in total. The lowest BCUT2D eigenvalue weighted by atomic mass is 9.69. The van der Waals surface area contributed by atoms with Crippen LogP contribution in [-0.4, -0.2) is 42.6 Å². The van der Waals surface area contributed by atoms with Gasteiger partial charge in [-0.05, 0) is 29.5 Å². The molecule has 0 saturated heterocycles. The molecule has 1 unspecified atom stereocenters. The van der Waals surface area contributed by atoms with Crippen molar-refractivity contribution in [3.8, 4) is 11.5 Å². The van der Waals surface area contributed by atoms with Crippen molar-refractivity contribution in [2.45, 2.75) is 39.0 Å². The summed E-state index contributed by atoms with van der Waals surface area (Å²) < 4.78 is 10.9. The number of hydrogen-bond acceptors (Lipinski definition) is 5. The molecule has 0 spiro atoms. The summed E-state index contributed by atoms with van der Waals surface area (Å²) >= 11 is 0. The molecule has 138 valence electrons. The normalized spacial score (nSPS) is 24.3. The van der Waals surface area contributed by atoms with Crippen LogP contribution in [0.5, 0.6) is 11.5 Å². The minimum absolute atomic E-state index is 0.0157. The Bertz CT molecular complexity index is 825. The van der Waals surface area contributed by atoms with Crippen molar-refractivity contribution in [3.05, 3.63) is 35.0 Å². The molecule has 1 atom stereocenters. The maximum atomic E-state index is 13.1. The van der Waals surface area contributed by atoms with Gasteiger partial charge in [-0.15, -0.1) is 0 Å². The molecule has 0 aromatic heterocycles. The molecule has 1 aliphatic carbocycles. The van der Waals surface area contributed by atoms with E-state index in [1.54, 1.807) is 10.0 Å². The van der Waals surface area contributed by atoms with Gasteiger partial charge in [0.15, 0.2) is 17.3 Å². The fourth-order valence-electron chi connectivity index (χ4n) is 4.28. The van der Waals surface area contributed by atoms with E-state index in [1.807, 2.05) is 32.3 Å². The van der Waals surface area contributed by atoms with Crippen LogP contribution in [0.25, 0.3) is 0 Å². The summed E-state index contributed by atoms with van der Waals surface area (Å²) in [5.41, 5.74) is 2.40. The van der Waals surface area contributed by atoms with Crippen LogP contribution in [0.15, 0.2) is 29.5 Å². The number of carbonyl (C=O) groups is 2. The van der Waals surface area contributed by atoms with Crippen molar-refractivity contribution in [1.82, 2.24) is 10.0 Å². The molecule has 0 N–H and O–H groups in total. The fraction of sp³-hybridized carbons (Fsp3) is 0.500. The quantitative estimate of drug-likeness (QED) is 0.815. The van der Waals surface area contributed by atoms with E-state index in [1.165, 1.54) is 0 Å². The van der Waals surface area contributed by atoms with Gasteiger partial charge in [0.05, 0.1) is 0 Å². The van der Waals surface area contributed by atoms with E-state index in [4.69, 9.17) is 9.47 Å². The number of ether oxygens (including phenoxy) is 2. The monoisotopic (exact) mass is 356 g/mol. The second kappa shape index (κ2) is 5.84. The first kappa shape index (κ1) is 17.1. The fourth-order valence-corrected chi connectivity index (χ4v) is 4.28. The number of fused-ring (bicyclic) bond motifs is 1. The number of allylic oxidation sites excluding steroid dienone is 2. The predicted molar refractivity (Wildman–Crippen MR) is 95.5 cm³/mol. The number of benzene rings is 1. The Kier molecular flexibility index (Phi) is 3.84. The van der Waals surface area contributed by atoms with E-state index < -0.39 is 0 Å². The first-order valence-corrected chi connectivity index (χ1v) is 8.93. The van der Waals surface area contributed by atoms with Gasteiger partial charge in [-0.25, -0.2) is 10.0 Å². The number of nitrogens with zero attached hydrogens (tertiary/aromatic N) is 2. The van der Waals surface area contributed by atoms with E-state index >= 15 is 0 Å². The molecule has 6 heteroatoms. The number of hydrazine groups is 1. The van der Waals surface area contributed by atoms with Crippen molar-refractivity contribution in [3.63, 3.8) is 0 Å². The van der Waals surface area contributed by atoms with Gasteiger partial charge in [0.25, 0.3) is 0 Å². The zero-order valence-corrected chi connectivity index (χ0v) is 15.7.